The summed E-state index contributed by atoms with van der Waals surface area (Å²) >= 11 is 6.59. The number of halogens is 2. The van der Waals surface area contributed by atoms with Crippen LogP contribution in [0.5, 0.6) is 5.75 Å². The van der Waals surface area contributed by atoms with E-state index < -0.39 is 24.3 Å². The molecule has 0 spiro atoms. The third kappa shape index (κ3) is 4.58. The van der Waals surface area contributed by atoms with Crippen molar-refractivity contribution in [3.05, 3.63) is 70.6 Å². The van der Waals surface area contributed by atoms with Crippen LogP contribution in [0.25, 0.3) is 21.7 Å². The number of carboxylic acids is 1. The number of aromatic amines is 1. The summed E-state index contributed by atoms with van der Waals surface area (Å²) < 4.78 is 32.0. The lowest BCUT2D eigenvalue weighted by atomic mass is 9.77. The molecule has 0 amide bonds. The lowest BCUT2D eigenvalue weighted by Crippen LogP contribution is -2.41. The van der Waals surface area contributed by atoms with Crippen LogP contribution in [0.1, 0.15) is 50.2 Å². The van der Waals surface area contributed by atoms with Crippen LogP contribution in [-0.2, 0) is 15.7 Å². The van der Waals surface area contributed by atoms with Gasteiger partial charge in [0, 0.05) is 26.8 Å². The smallest absolute Gasteiger partial charge is 0.493 e. The summed E-state index contributed by atoms with van der Waals surface area (Å²) in [5.74, 6) is -0.700. The molecule has 192 valence electrons. The van der Waals surface area contributed by atoms with Gasteiger partial charge in [-0.2, -0.15) is 0 Å². The van der Waals surface area contributed by atoms with Crippen LogP contribution in [0.15, 0.2) is 48.5 Å². The first-order chi connectivity index (χ1) is 17.5. The Morgan fingerprint density at radius 1 is 1.08 bits per heavy atom. The van der Waals surface area contributed by atoms with E-state index in [1.54, 1.807) is 12.1 Å². The van der Waals surface area contributed by atoms with Crippen molar-refractivity contribution >= 4 is 51.8 Å². The van der Waals surface area contributed by atoms with Gasteiger partial charge in [-0.25, -0.2) is 9.18 Å². The van der Waals surface area contributed by atoms with Gasteiger partial charge in [-0.15, -0.1) is 0 Å². The van der Waals surface area contributed by atoms with E-state index in [0.29, 0.717) is 46.8 Å². The number of hydrogen-bond acceptors (Lipinski definition) is 4. The molecule has 1 fully saturated rings. The maximum atomic E-state index is 13.6. The summed E-state index contributed by atoms with van der Waals surface area (Å²) in [6.45, 7) is 8.18. The monoisotopic (exact) mass is 523 g/mol. The van der Waals surface area contributed by atoms with Gasteiger partial charge >= 0.3 is 13.1 Å². The molecule has 0 radical (unpaired) electrons. The van der Waals surface area contributed by atoms with Gasteiger partial charge in [0.15, 0.2) is 0 Å². The number of aryl methyl sites for hydroxylation is 1. The minimum absolute atomic E-state index is 0.107. The minimum Gasteiger partial charge on any atom is -0.493 e. The number of aromatic nitrogens is 1. The molecule has 0 saturated carbocycles. The van der Waals surface area contributed by atoms with E-state index in [9.17, 15) is 14.3 Å². The molecular formula is C28H28BClFNO5. The molecule has 4 aromatic rings. The molecule has 9 heteroatoms. The molecule has 1 aliphatic heterocycles. The Labute approximate surface area is 219 Å². The predicted octanol–water partition coefficient (Wildman–Crippen LogP) is 6.12. The molecular weight excluding hydrogens is 496 g/mol. The van der Waals surface area contributed by atoms with Gasteiger partial charge in [-0.3, -0.25) is 0 Å². The molecule has 37 heavy (non-hydrogen) atoms. The van der Waals surface area contributed by atoms with Crippen LogP contribution in [0.4, 0.5) is 4.39 Å². The minimum atomic E-state index is -1.06. The Morgan fingerprint density at radius 3 is 2.49 bits per heavy atom. The SMILES string of the molecule is CC1(C)OB(c2c(Cl)ccc3c(CCCOc4cccc5cc(F)ccc45)c(C(=O)O)[nH]c23)OC1(C)C. The summed E-state index contributed by atoms with van der Waals surface area (Å²) in [6, 6.07) is 13.6. The average Bonchev–Trinajstić information content (AvgIpc) is 3.29. The van der Waals surface area contributed by atoms with Gasteiger partial charge in [0.2, 0.25) is 0 Å². The molecule has 3 aromatic carbocycles. The van der Waals surface area contributed by atoms with Crippen molar-refractivity contribution < 1.29 is 28.3 Å². The number of benzene rings is 3. The van der Waals surface area contributed by atoms with Crippen molar-refractivity contribution in [2.24, 2.45) is 0 Å². The Hall–Kier alpha value is -3.07. The highest BCUT2D eigenvalue weighted by Crippen LogP contribution is 2.38. The highest BCUT2D eigenvalue weighted by Gasteiger charge is 2.53. The number of hydrogen-bond donors (Lipinski definition) is 2. The van der Waals surface area contributed by atoms with Gasteiger partial charge in [-0.1, -0.05) is 29.8 Å². The maximum absolute atomic E-state index is 13.6. The second-order valence-corrected chi connectivity index (χ2v) is 10.7. The summed E-state index contributed by atoms with van der Waals surface area (Å²) in [7, 11) is -0.742. The van der Waals surface area contributed by atoms with Crippen molar-refractivity contribution in [3.8, 4) is 5.75 Å². The highest BCUT2D eigenvalue weighted by atomic mass is 35.5. The van der Waals surface area contributed by atoms with Gasteiger partial charge in [0.1, 0.15) is 17.3 Å². The number of aromatic carboxylic acids is 1. The van der Waals surface area contributed by atoms with Crippen molar-refractivity contribution in [1.82, 2.24) is 4.98 Å². The number of nitrogens with one attached hydrogen (secondary N) is 1. The van der Waals surface area contributed by atoms with Crippen molar-refractivity contribution in [3.63, 3.8) is 0 Å². The first kappa shape index (κ1) is 25.6. The highest BCUT2D eigenvalue weighted by molar-refractivity contribution is 6.68. The Balaban J connectivity index is 1.41. The Kier molecular flexibility index (Phi) is 6.46. The van der Waals surface area contributed by atoms with E-state index in [0.717, 1.165) is 16.2 Å². The van der Waals surface area contributed by atoms with E-state index in [4.69, 9.17) is 25.6 Å². The zero-order chi connectivity index (χ0) is 26.5. The van der Waals surface area contributed by atoms with Gasteiger partial charge in [0.25, 0.3) is 0 Å². The molecule has 2 heterocycles. The Morgan fingerprint density at radius 2 is 1.78 bits per heavy atom. The lowest BCUT2D eigenvalue weighted by molar-refractivity contribution is 0.00578. The fraction of sp³-hybridized carbons (Fsp3) is 0.321. The molecule has 5 rings (SSSR count). The van der Waals surface area contributed by atoms with E-state index in [1.807, 2.05) is 52.0 Å². The summed E-state index contributed by atoms with van der Waals surface area (Å²) in [5.41, 5.74) is 0.815. The third-order valence-electron chi connectivity index (χ3n) is 7.40. The van der Waals surface area contributed by atoms with Crippen LogP contribution in [-0.4, -0.2) is 41.0 Å². The number of ether oxygens (including phenoxy) is 1. The van der Waals surface area contributed by atoms with E-state index in [2.05, 4.69) is 4.98 Å². The third-order valence-corrected chi connectivity index (χ3v) is 7.73. The summed E-state index contributed by atoms with van der Waals surface area (Å²) in [5, 5.41) is 12.7. The van der Waals surface area contributed by atoms with Crippen LogP contribution >= 0.6 is 11.6 Å². The van der Waals surface area contributed by atoms with Crippen LogP contribution in [0, 0.1) is 5.82 Å². The molecule has 0 aliphatic carbocycles. The summed E-state index contributed by atoms with van der Waals surface area (Å²) in [6.07, 6.45) is 1.03. The van der Waals surface area contributed by atoms with Crippen LogP contribution < -0.4 is 10.2 Å². The summed E-state index contributed by atoms with van der Waals surface area (Å²) in [4.78, 5) is 15.2. The van der Waals surface area contributed by atoms with E-state index in [1.165, 1.54) is 12.1 Å². The Bertz CT molecular complexity index is 1500. The maximum Gasteiger partial charge on any atom is 0.498 e. The number of carboxylic acid groups (broad SMARTS) is 1. The first-order valence-corrected chi connectivity index (χ1v) is 12.6. The average molecular weight is 524 g/mol. The van der Waals surface area contributed by atoms with Crippen molar-refractivity contribution in [2.45, 2.75) is 51.7 Å². The van der Waals surface area contributed by atoms with E-state index >= 15 is 0 Å². The predicted molar refractivity (Wildman–Crippen MR) is 144 cm³/mol. The zero-order valence-electron chi connectivity index (χ0n) is 21.2. The van der Waals surface area contributed by atoms with Gasteiger partial charge in [0.05, 0.1) is 17.8 Å². The van der Waals surface area contributed by atoms with Gasteiger partial charge in [-0.05, 0) is 81.8 Å². The molecule has 1 saturated heterocycles. The molecule has 0 atom stereocenters. The van der Waals surface area contributed by atoms with Crippen LogP contribution in [0.2, 0.25) is 5.02 Å². The molecule has 2 N–H and O–H groups in total. The standard InChI is InChI=1S/C28H28BClFNO5/c1-27(2)28(3,4)37-29(36-27)23-21(30)13-12-20-19(25(26(33)34)32-24(20)23)8-6-14-35-22-9-5-7-16-15-17(31)10-11-18(16)22/h5,7,9-13,15,32H,6,8,14H2,1-4H3,(H,33,34). The van der Waals surface area contributed by atoms with E-state index in [-0.39, 0.29) is 11.5 Å². The largest absolute Gasteiger partial charge is 0.498 e. The van der Waals surface area contributed by atoms with Crippen molar-refractivity contribution in [1.29, 1.82) is 0 Å². The second kappa shape index (κ2) is 9.35. The molecule has 0 unspecified atom stereocenters. The molecule has 0 bridgehead atoms. The quantitative estimate of drug-likeness (QED) is 0.225. The van der Waals surface area contributed by atoms with Crippen molar-refractivity contribution in [2.75, 3.05) is 6.61 Å². The lowest BCUT2D eigenvalue weighted by Gasteiger charge is -2.32. The number of fused-ring (bicyclic) bond motifs is 2. The molecule has 6 nitrogen and oxygen atoms in total. The number of rotatable bonds is 7. The van der Waals surface area contributed by atoms with Gasteiger partial charge < -0.3 is 24.1 Å². The molecule has 1 aromatic heterocycles. The normalized spacial score (nSPS) is 16.5. The zero-order valence-corrected chi connectivity index (χ0v) is 21.9. The molecule has 1 aliphatic rings. The fourth-order valence-corrected chi connectivity index (χ4v) is 4.98. The number of carbonyl (C=O) groups is 1. The number of H-pyrrole nitrogens is 1. The second-order valence-electron chi connectivity index (χ2n) is 10.3. The first-order valence-electron chi connectivity index (χ1n) is 12.2. The fourth-order valence-electron chi connectivity index (χ4n) is 4.73. The van der Waals surface area contributed by atoms with Crippen LogP contribution in [0.3, 0.4) is 0 Å². The topological polar surface area (TPSA) is 80.8 Å².